The van der Waals surface area contributed by atoms with E-state index in [1.165, 1.54) is 0 Å². The highest BCUT2D eigenvalue weighted by Crippen LogP contribution is 1.93. The van der Waals surface area contributed by atoms with Crippen LogP contribution in [0.5, 0.6) is 0 Å². The van der Waals surface area contributed by atoms with Gasteiger partial charge in [-0.05, 0) is 12.8 Å². The van der Waals surface area contributed by atoms with Crippen molar-refractivity contribution in [1.29, 1.82) is 0 Å². The molecule has 0 radical (unpaired) electrons. The highest BCUT2D eigenvalue weighted by Gasteiger charge is 2.12. The van der Waals surface area contributed by atoms with Crippen molar-refractivity contribution in [2.24, 2.45) is 22.9 Å². The number of hydrogen-bond donors (Lipinski definition) is 8. The molecule has 0 spiro atoms. The third kappa shape index (κ3) is 26.4. The average molecular weight is 368 g/mol. The molecule has 0 aliphatic carbocycles. The zero-order chi connectivity index (χ0) is 20.6. The molecule has 2 atom stereocenters. The first kappa shape index (κ1) is 27.1. The van der Waals surface area contributed by atoms with E-state index >= 15 is 0 Å². The van der Waals surface area contributed by atoms with Crippen molar-refractivity contribution in [3.05, 3.63) is 0 Å². The molecule has 13 heteroatoms. The number of amides is 1. The van der Waals surface area contributed by atoms with E-state index in [2.05, 4.69) is 5.73 Å². The van der Waals surface area contributed by atoms with Crippen molar-refractivity contribution in [2.45, 2.75) is 37.8 Å². The van der Waals surface area contributed by atoms with E-state index in [1.807, 2.05) is 0 Å². The molecule has 0 aromatic heterocycles. The Morgan fingerprint density at radius 1 is 0.720 bits per heavy atom. The number of rotatable bonds is 9. The summed E-state index contributed by atoms with van der Waals surface area (Å²) in [5, 5.41) is 32.1. The van der Waals surface area contributed by atoms with Gasteiger partial charge >= 0.3 is 23.9 Å². The van der Waals surface area contributed by atoms with Gasteiger partial charge in [-0.2, -0.15) is 0 Å². The van der Waals surface area contributed by atoms with Crippen LogP contribution in [0.2, 0.25) is 0 Å². The van der Waals surface area contributed by atoms with Crippen molar-refractivity contribution < 1.29 is 44.4 Å². The van der Waals surface area contributed by atoms with Gasteiger partial charge in [-0.15, -0.1) is 0 Å². The lowest BCUT2D eigenvalue weighted by molar-refractivity contribution is -0.141. The summed E-state index contributed by atoms with van der Waals surface area (Å²) in [7, 11) is 0. The normalized spacial score (nSPS) is 11.5. The van der Waals surface area contributed by atoms with Crippen molar-refractivity contribution in [1.82, 2.24) is 0 Å². The quantitative estimate of drug-likeness (QED) is 0.201. The van der Waals surface area contributed by atoms with Crippen molar-refractivity contribution in [3.8, 4) is 0 Å². The minimum atomic E-state index is -1.17. The molecule has 0 heterocycles. The van der Waals surface area contributed by atoms with Crippen LogP contribution in [0.15, 0.2) is 0 Å². The van der Waals surface area contributed by atoms with Crippen LogP contribution < -0.4 is 22.9 Å². The number of primary amides is 1. The molecule has 0 aliphatic heterocycles. The number of carboxylic acid groups (broad SMARTS) is 4. The van der Waals surface area contributed by atoms with Crippen LogP contribution in [-0.4, -0.2) is 68.8 Å². The molecule has 0 saturated heterocycles. The van der Waals surface area contributed by atoms with Gasteiger partial charge in [-0.3, -0.25) is 24.0 Å². The summed E-state index contributed by atoms with van der Waals surface area (Å²) in [6.45, 7) is -0.278. The van der Waals surface area contributed by atoms with Gasteiger partial charge in [0.05, 0.1) is 6.54 Å². The summed E-state index contributed by atoms with van der Waals surface area (Å²) in [4.78, 5) is 49.2. The van der Waals surface area contributed by atoms with Crippen molar-refractivity contribution >= 4 is 29.8 Å². The number of carbonyl (C=O) groups is 5. The third-order valence-corrected chi connectivity index (χ3v) is 2.18. The van der Waals surface area contributed by atoms with Crippen LogP contribution in [0, 0.1) is 0 Å². The fraction of sp³-hybridized carbons (Fsp3) is 0.583. The first-order valence-corrected chi connectivity index (χ1v) is 6.73. The second-order valence-corrected chi connectivity index (χ2v) is 4.42. The highest BCUT2D eigenvalue weighted by molar-refractivity contribution is 5.77. The SMILES string of the molecule is NC(=O)CC[C@H](N)C(=O)O.NCC(=O)O.N[C@@H](CCC(=O)O)C(=O)O. The minimum Gasteiger partial charge on any atom is -0.481 e. The summed E-state index contributed by atoms with van der Waals surface area (Å²) >= 11 is 0. The number of hydrogen-bond acceptors (Lipinski definition) is 8. The standard InChI is InChI=1S/C5H10N2O3.C5H9NO4.C2H5NO2/c2*6-3(5(9)10)1-2-4(7)8;3-1-2(4)5/h3H,1-2,6H2,(H2,7,8)(H,9,10);3H,1-2,6H2,(H,7,8)(H,9,10);1,3H2,(H,4,5)/t2*3-;/m00./s1. The summed E-state index contributed by atoms with van der Waals surface area (Å²) in [6.07, 6.45) is -0.101. The molecule has 0 bridgehead atoms. The lowest BCUT2D eigenvalue weighted by atomic mass is 10.2. The first-order valence-electron chi connectivity index (χ1n) is 6.73. The molecule has 0 aliphatic rings. The topological polar surface area (TPSA) is 270 Å². The molecule has 13 nitrogen and oxygen atoms in total. The van der Waals surface area contributed by atoms with E-state index in [0.29, 0.717) is 0 Å². The predicted molar refractivity (Wildman–Crippen MR) is 83.2 cm³/mol. The number of aliphatic carboxylic acids is 4. The largest absolute Gasteiger partial charge is 0.481 e. The van der Waals surface area contributed by atoms with E-state index in [1.54, 1.807) is 0 Å². The Bertz CT molecular complexity index is 422. The number of carbonyl (C=O) groups excluding carboxylic acids is 1. The van der Waals surface area contributed by atoms with Gasteiger partial charge in [0.2, 0.25) is 5.91 Å². The van der Waals surface area contributed by atoms with E-state index < -0.39 is 41.9 Å². The maximum atomic E-state index is 10.1. The molecular weight excluding hydrogens is 344 g/mol. The number of carboxylic acids is 4. The Kier molecular flexibility index (Phi) is 17.4. The minimum absolute atomic E-state index is 0.0213. The van der Waals surface area contributed by atoms with Crippen LogP contribution in [0.4, 0.5) is 0 Å². The summed E-state index contributed by atoms with van der Waals surface area (Å²) in [5.41, 5.74) is 19.4. The molecule has 0 unspecified atom stereocenters. The first-order chi connectivity index (χ1) is 11.3. The number of nitrogens with two attached hydrogens (primary N) is 4. The molecule has 1 amide bonds. The maximum Gasteiger partial charge on any atom is 0.320 e. The molecule has 0 fully saturated rings. The molecular formula is C12H24N4O9. The fourth-order valence-electron chi connectivity index (χ4n) is 0.824. The Balaban J connectivity index is -0.000000308. The van der Waals surface area contributed by atoms with Gasteiger partial charge in [-0.25, -0.2) is 0 Å². The Morgan fingerprint density at radius 2 is 1.04 bits per heavy atom. The second-order valence-electron chi connectivity index (χ2n) is 4.42. The van der Waals surface area contributed by atoms with Gasteiger partial charge in [0.15, 0.2) is 0 Å². The Morgan fingerprint density at radius 3 is 1.24 bits per heavy atom. The van der Waals surface area contributed by atoms with Gasteiger partial charge in [0.1, 0.15) is 12.1 Å². The van der Waals surface area contributed by atoms with Crippen LogP contribution in [0.3, 0.4) is 0 Å². The molecule has 0 aromatic carbocycles. The van der Waals surface area contributed by atoms with Crippen LogP contribution in [0.1, 0.15) is 25.7 Å². The molecule has 0 saturated carbocycles. The van der Waals surface area contributed by atoms with E-state index in [0.717, 1.165) is 0 Å². The summed E-state index contributed by atoms with van der Waals surface area (Å²) in [5.74, 6) is -4.80. The monoisotopic (exact) mass is 368 g/mol. The van der Waals surface area contributed by atoms with Gasteiger partial charge in [0.25, 0.3) is 0 Å². The van der Waals surface area contributed by atoms with Gasteiger partial charge in [0, 0.05) is 12.8 Å². The Hall–Kier alpha value is -2.77. The molecule has 0 aromatic rings. The smallest absolute Gasteiger partial charge is 0.320 e. The average Bonchev–Trinajstić information content (AvgIpc) is 2.50. The molecule has 0 rings (SSSR count). The predicted octanol–water partition coefficient (Wildman–Crippen LogP) is -3.04. The molecule has 12 N–H and O–H groups in total. The summed E-state index contributed by atoms with van der Waals surface area (Å²) < 4.78 is 0. The highest BCUT2D eigenvalue weighted by atomic mass is 16.4. The van der Waals surface area contributed by atoms with Crippen LogP contribution in [-0.2, 0) is 24.0 Å². The third-order valence-electron chi connectivity index (χ3n) is 2.18. The lowest BCUT2D eigenvalue weighted by Crippen LogP contribution is -2.31. The molecule has 146 valence electrons. The second kappa shape index (κ2) is 16.1. The lowest BCUT2D eigenvalue weighted by Gasteiger charge is -2.01. The maximum absolute atomic E-state index is 10.1. The zero-order valence-corrected chi connectivity index (χ0v) is 13.3. The fourth-order valence-corrected chi connectivity index (χ4v) is 0.824. The van der Waals surface area contributed by atoms with Crippen LogP contribution >= 0.6 is 0 Å². The van der Waals surface area contributed by atoms with Crippen LogP contribution in [0.25, 0.3) is 0 Å². The zero-order valence-electron chi connectivity index (χ0n) is 13.3. The van der Waals surface area contributed by atoms with Crippen molar-refractivity contribution in [2.75, 3.05) is 6.54 Å². The van der Waals surface area contributed by atoms with E-state index in [4.69, 9.17) is 37.6 Å². The Labute approximate surface area is 142 Å². The van der Waals surface area contributed by atoms with Gasteiger partial charge < -0.3 is 43.4 Å². The van der Waals surface area contributed by atoms with E-state index in [-0.39, 0.29) is 32.2 Å². The molecule has 25 heavy (non-hydrogen) atoms. The van der Waals surface area contributed by atoms with E-state index in [9.17, 15) is 24.0 Å². The van der Waals surface area contributed by atoms with Crippen molar-refractivity contribution in [3.63, 3.8) is 0 Å². The van der Waals surface area contributed by atoms with Gasteiger partial charge in [-0.1, -0.05) is 0 Å². The summed E-state index contributed by atoms with van der Waals surface area (Å²) in [6, 6.07) is -2.04.